The molecule has 0 N–H and O–H groups in total. The molecule has 9 nitrogen and oxygen atoms in total. The van der Waals surface area contributed by atoms with E-state index in [1.807, 2.05) is 6.07 Å². The fourth-order valence-corrected chi connectivity index (χ4v) is 4.88. The van der Waals surface area contributed by atoms with Crippen LogP contribution in [-0.4, -0.2) is 60.4 Å². The van der Waals surface area contributed by atoms with Crippen molar-refractivity contribution in [2.75, 3.05) is 32.8 Å². The van der Waals surface area contributed by atoms with Gasteiger partial charge in [-0.3, -0.25) is 14.6 Å². The Labute approximate surface area is 212 Å². The van der Waals surface area contributed by atoms with Gasteiger partial charge >= 0.3 is 17.8 Å². The Kier molecular flexibility index (Phi) is 6.63. The molecule has 37 heavy (non-hydrogen) atoms. The number of hydrogen-bond donors (Lipinski definition) is 0. The summed E-state index contributed by atoms with van der Waals surface area (Å²) in [6, 6.07) is 12.3. The standard InChI is InChI=1S/C27H24FN3O6/c28-20-2-4-21(5-3-20)35-14-13-30-11-9-18(10-12-30)17-31-26(34)22-6-1-19(16-29)15-23(22)27(31)36-24(32)7-8-25(33)37-27/h1-8,15,18H,9-14,17H2. The SMILES string of the molecule is N#Cc1ccc2c(c1)C1(OC(=O)C=CC(=O)O1)N(CC1CCN(CCOc3ccc(F)cc3)CC1)C2=O. The summed E-state index contributed by atoms with van der Waals surface area (Å²) in [5, 5.41) is 9.37. The lowest BCUT2D eigenvalue weighted by atomic mass is 9.96. The van der Waals surface area contributed by atoms with Crippen molar-refractivity contribution in [3.05, 3.63) is 77.1 Å². The number of likely N-dealkylation sites (tertiary alicyclic amines) is 1. The molecule has 5 rings (SSSR count). The summed E-state index contributed by atoms with van der Waals surface area (Å²) in [5.41, 5.74) is 0.627. The van der Waals surface area contributed by atoms with Gasteiger partial charge in [-0.25, -0.2) is 14.0 Å². The van der Waals surface area contributed by atoms with Gasteiger partial charge in [0.05, 0.1) is 22.8 Å². The van der Waals surface area contributed by atoms with Crippen molar-refractivity contribution in [3.63, 3.8) is 0 Å². The van der Waals surface area contributed by atoms with Gasteiger partial charge in [-0.2, -0.15) is 5.26 Å². The van der Waals surface area contributed by atoms with Gasteiger partial charge < -0.3 is 14.2 Å². The lowest BCUT2D eigenvalue weighted by Crippen LogP contribution is -2.52. The summed E-state index contributed by atoms with van der Waals surface area (Å²) in [7, 11) is 0. The Morgan fingerprint density at radius 1 is 1.03 bits per heavy atom. The minimum absolute atomic E-state index is 0.0634. The maximum atomic E-state index is 13.4. The maximum Gasteiger partial charge on any atom is 0.375 e. The van der Waals surface area contributed by atoms with Gasteiger partial charge in [0.1, 0.15) is 18.2 Å². The highest BCUT2D eigenvalue weighted by molar-refractivity contribution is 6.01. The van der Waals surface area contributed by atoms with Crippen LogP contribution in [0.5, 0.6) is 5.75 Å². The molecule has 0 aromatic heterocycles. The second-order valence-corrected chi connectivity index (χ2v) is 9.13. The highest BCUT2D eigenvalue weighted by Crippen LogP contribution is 2.44. The first-order valence-electron chi connectivity index (χ1n) is 12.0. The number of carbonyl (C=O) groups excluding carboxylic acids is 3. The van der Waals surface area contributed by atoms with Crippen LogP contribution < -0.4 is 4.74 Å². The molecule has 3 aliphatic rings. The average Bonchev–Trinajstić information content (AvgIpc) is 3.00. The number of piperidine rings is 1. The van der Waals surface area contributed by atoms with Gasteiger partial charge in [0, 0.05) is 25.2 Å². The molecule has 0 atom stereocenters. The molecular weight excluding hydrogens is 481 g/mol. The molecule has 0 radical (unpaired) electrons. The van der Waals surface area contributed by atoms with Crippen molar-refractivity contribution in [3.8, 4) is 11.8 Å². The van der Waals surface area contributed by atoms with Crippen molar-refractivity contribution < 1.29 is 33.0 Å². The largest absolute Gasteiger partial charge is 0.492 e. The highest BCUT2D eigenvalue weighted by Gasteiger charge is 2.57. The Morgan fingerprint density at radius 2 is 1.70 bits per heavy atom. The van der Waals surface area contributed by atoms with Crippen LogP contribution in [0.1, 0.15) is 34.3 Å². The minimum Gasteiger partial charge on any atom is -0.492 e. The molecule has 2 aromatic carbocycles. The zero-order valence-electron chi connectivity index (χ0n) is 19.9. The number of fused-ring (bicyclic) bond motifs is 2. The van der Waals surface area contributed by atoms with Crippen LogP contribution in [0.4, 0.5) is 4.39 Å². The smallest absolute Gasteiger partial charge is 0.375 e. The van der Waals surface area contributed by atoms with Crippen molar-refractivity contribution in [1.29, 1.82) is 5.26 Å². The Bertz CT molecular complexity index is 1270. The Balaban J connectivity index is 1.26. The minimum atomic E-state index is -2.06. The van der Waals surface area contributed by atoms with E-state index in [4.69, 9.17) is 14.2 Å². The van der Waals surface area contributed by atoms with E-state index in [1.54, 1.807) is 12.1 Å². The molecule has 0 unspecified atom stereocenters. The van der Waals surface area contributed by atoms with E-state index in [1.165, 1.54) is 35.2 Å². The number of ether oxygens (including phenoxy) is 3. The van der Waals surface area contributed by atoms with Gasteiger partial charge in [0.15, 0.2) is 0 Å². The molecule has 0 saturated carbocycles. The molecule has 2 aromatic rings. The molecule has 1 saturated heterocycles. The summed E-state index contributed by atoms with van der Waals surface area (Å²) in [6.07, 6.45) is 3.43. The van der Waals surface area contributed by atoms with E-state index in [0.29, 0.717) is 18.9 Å². The van der Waals surface area contributed by atoms with Gasteiger partial charge in [0.2, 0.25) is 0 Å². The van der Waals surface area contributed by atoms with Gasteiger partial charge in [-0.15, -0.1) is 0 Å². The number of carbonyl (C=O) groups is 3. The lowest BCUT2D eigenvalue weighted by Gasteiger charge is -2.39. The summed E-state index contributed by atoms with van der Waals surface area (Å²) in [4.78, 5) is 41.7. The Hall–Kier alpha value is -4.23. The summed E-state index contributed by atoms with van der Waals surface area (Å²) < 4.78 is 29.9. The molecule has 3 aliphatic heterocycles. The first-order chi connectivity index (χ1) is 17.9. The van der Waals surface area contributed by atoms with Crippen molar-refractivity contribution >= 4 is 17.8 Å². The third-order valence-electron chi connectivity index (χ3n) is 6.79. The van der Waals surface area contributed by atoms with Gasteiger partial charge in [-0.1, -0.05) is 0 Å². The van der Waals surface area contributed by atoms with Crippen LogP contribution in [0.25, 0.3) is 0 Å². The monoisotopic (exact) mass is 505 g/mol. The van der Waals surface area contributed by atoms with Crippen molar-refractivity contribution in [2.24, 2.45) is 5.92 Å². The Morgan fingerprint density at radius 3 is 2.35 bits per heavy atom. The van der Waals surface area contributed by atoms with E-state index in [-0.39, 0.29) is 35.0 Å². The third kappa shape index (κ3) is 4.90. The average molecular weight is 506 g/mol. The van der Waals surface area contributed by atoms with E-state index in [0.717, 1.165) is 38.1 Å². The molecular formula is C27H24FN3O6. The molecule has 10 heteroatoms. The van der Waals surface area contributed by atoms with Crippen LogP contribution in [0.3, 0.4) is 0 Å². The van der Waals surface area contributed by atoms with Crippen molar-refractivity contribution in [2.45, 2.75) is 18.8 Å². The zero-order chi connectivity index (χ0) is 26.0. The summed E-state index contributed by atoms with van der Waals surface area (Å²) in [5.74, 6) is -3.78. The number of hydrogen-bond acceptors (Lipinski definition) is 8. The van der Waals surface area contributed by atoms with Crippen LogP contribution in [0.15, 0.2) is 54.6 Å². The third-order valence-corrected chi connectivity index (χ3v) is 6.79. The zero-order valence-corrected chi connectivity index (χ0v) is 19.9. The quantitative estimate of drug-likeness (QED) is 0.552. The summed E-state index contributed by atoms with van der Waals surface area (Å²) >= 11 is 0. The molecule has 3 heterocycles. The fourth-order valence-electron chi connectivity index (χ4n) is 4.88. The number of benzene rings is 2. The first kappa shape index (κ1) is 24.5. The van der Waals surface area contributed by atoms with Crippen LogP contribution in [-0.2, 0) is 25.0 Å². The number of nitrogens with zero attached hydrogens (tertiary/aromatic N) is 3. The topological polar surface area (TPSA) is 109 Å². The predicted molar refractivity (Wildman–Crippen MR) is 126 cm³/mol. The van der Waals surface area contributed by atoms with E-state index in [9.17, 15) is 24.0 Å². The number of nitriles is 1. The van der Waals surface area contributed by atoms with Crippen LogP contribution in [0, 0.1) is 23.1 Å². The van der Waals surface area contributed by atoms with Crippen LogP contribution in [0.2, 0.25) is 0 Å². The predicted octanol–water partition coefficient (Wildman–Crippen LogP) is 2.71. The maximum absolute atomic E-state index is 13.4. The van der Waals surface area contributed by atoms with E-state index >= 15 is 0 Å². The summed E-state index contributed by atoms with van der Waals surface area (Å²) in [6.45, 7) is 2.88. The highest BCUT2D eigenvalue weighted by atomic mass is 19.1. The second kappa shape index (κ2) is 10.0. The van der Waals surface area contributed by atoms with Gasteiger partial charge in [-0.05, 0) is 74.3 Å². The number of rotatable bonds is 6. The molecule has 0 bridgehead atoms. The molecule has 190 valence electrons. The van der Waals surface area contributed by atoms with E-state index in [2.05, 4.69) is 4.90 Å². The lowest BCUT2D eigenvalue weighted by molar-refractivity contribution is -0.275. The number of halogens is 1. The van der Waals surface area contributed by atoms with Gasteiger partial charge in [0.25, 0.3) is 5.91 Å². The van der Waals surface area contributed by atoms with Crippen LogP contribution >= 0.6 is 0 Å². The molecule has 1 amide bonds. The van der Waals surface area contributed by atoms with E-state index < -0.39 is 23.8 Å². The first-order valence-corrected chi connectivity index (χ1v) is 12.0. The molecule has 1 spiro atoms. The second-order valence-electron chi connectivity index (χ2n) is 9.13. The van der Waals surface area contributed by atoms with Crippen molar-refractivity contribution in [1.82, 2.24) is 9.80 Å². The number of amides is 1. The fraction of sp³-hybridized carbons (Fsp3) is 0.333. The number of esters is 2. The normalized spacial score (nSPS) is 19.2. The molecule has 0 aliphatic carbocycles. The molecule has 1 fully saturated rings.